The summed E-state index contributed by atoms with van der Waals surface area (Å²) in [5, 5.41) is 2.45. The van der Waals surface area contributed by atoms with E-state index in [0.717, 1.165) is 0 Å². The molecule has 0 aliphatic heterocycles. The quantitative estimate of drug-likeness (QED) is 0.561. The zero-order valence-corrected chi connectivity index (χ0v) is 9.05. The fraction of sp³-hybridized carbons (Fsp3) is 0.857. The van der Waals surface area contributed by atoms with Crippen molar-refractivity contribution in [2.75, 3.05) is 13.2 Å². The van der Waals surface area contributed by atoms with Gasteiger partial charge in [0.05, 0.1) is 0 Å². The molecule has 0 spiro atoms. The van der Waals surface area contributed by atoms with Gasteiger partial charge in [-0.3, -0.25) is 0 Å². The van der Waals surface area contributed by atoms with Gasteiger partial charge in [-0.15, -0.1) is 4.52 Å². The Morgan fingerprint density at radius 3 is 2.54 bits per heavy atom. The normalized spacial score (nSPS) is 11.3. The molecule has 0 radical (unpaired) electrons. The van der Waals surface area contributed by atoms with E-state index in [0.29, 0.717) is 6.54 Å². The van der Waals surface area contributed by atoms with Gasteiger partial charge >= 0.3 is 14.8 Å². The molecule has 0 aromatic rings. The summed E-state index contributed by atoms with van der Waals surface area (Å²) in [5.41, 5.74) is -0.495. The van der Waals surface area contributed by atoms with Gasteiger partial charge in [0.2, 0.25) is 0 Å². The van der Waals surface area contributed by atoms with Crippen LogP contribution in [0.2, 0.25) is 0 Å². The van der Waals surface area contributed by atoms with Crippen LogP contribution in [0, 0.1) is 0 Å². The number of hydrogen-bond donors (Lipinski definition) is 1. The van der Waals surface area contributed by atoms with Gasteiger partial charge in [0.15, 0.2) is 0 Å². The fourth-order valence-corrected chi connectivity index (χ4v) is 0.745. The standard InChI is InChI=1S/C7H14NO4P/c1-7(2,3)12-6(9)8-4-5-11-13-10/h13H,4-5H2,1-3H3/p+1. The van der Waals surface area contributed by atoms with E-state index in [2.05, 4.69) is 9.84 Å². The van der Waals surface area contributed by atoms with Crippen LogP contribution in [-0.4, -0.2) is 24.8 Å². The number of hydrogen-bond acceptors (Lipinski definition) is 4. The van der Waals surface area contributed by atoms with Crippen molar-refractivity contribution in [3.05, 3.63) is 0 Å². The molecule has 1 atom stereocenters. The Bertz CT molecular complexity index is 178. The molecule has 76 valence electrons. The summed E-state index contributed by atoms with van der Waals surface area (Å²) >= 11 is 0. The Hall–Kier alpha value is -0.670. The highest BCUT2D eigenvalue weighted by atomic mass is 31.1. The molecule has 0 saturated heterocycles. The van der Waals surface area contributed by atoms with E-state index in [-0.39, 0.29) is 6.61 Å². The largest absolute Gasteiger partial charge is 0.494 e. The maximum atomic E-state index is 11.0. The summed E-state index contributed by atoms with van der Waals surface area (Å²) in [5.74, 6) is 0. The first-order chi connectivity index (χ1) is 5.95. The number of ether oxygens (including phenoxy) is 1. The van der Waals surface area contributed by atoms with Crippen LogP contribution >= 0.6 is 8.69 Å². The lowest BCUT2D eigenvalue weighted by Gasteiger charge is -2.19. The molecule has 1 amide bonds. The summed E-state index contributed by atoms with van der Waals surface area (Å²) in [6.45, 7) is 5.86. The first kappa shape index (κ1) is 12.3. The third-order valence-electron chi connectivity index (χ3n) is 0.931. The fourth-order valence-electron chi connectivity index (χ4n) is 0.560. The summed E-state index contributed by atoms with van der Waals surface area (Å²) < 4.78 is 19.3. The monoisotopic (exact) mass is 208 g/mol. The molecule has 0 rings (SSSR count). The first-order valence-corrected chi connectivity index (χ1v) is 4.73. The smallest absolute Gasteiger partial charge is 0.444 e. The van der Waals surface area contributed by atoms with Crippen LogP contribution in [0.5, 0.6) is 0 Å². The van der Waals surface area contributed by atoms with E-state index in [9.17, 15) is 9.36 Å². The lowest BCUT2D eigenvalue weighted by atomic mass is 10.2. The van der Waals surface area contributed by atoms with E-state index in [4.69, 9.17) is 4.74 Å². The van der Waals surface area contributed by atoms with Crippen molar-refractivity contribution in [1.29, 1.82) is 0 Å². The molecule has 0 aromatic heterocycles. The molecule has 0 bridgehead atoms. The van der Waals surface area contributed by atoms with Gasteiger partial charge in [0.1, 0.15) is 12.2 Å². The Balaban J connectivity index is 3.47. The zero-order chi connectivity index (χ0) is 10.3. The predicted octanol–water partition coefficient (Wildman–Crippen LogP) is 1.47. The van der Waals surface area contributed by atoms with Crippen molar-refractivity contribution in [3.8, 4) is 0 Å². The SMILES string of the molecule is CC(C)(C)OC(=O)NCCO[PH+]=O. The Kier molecular flexibility index (Phi) is 5.58. The van der Waals surface area contributed by atoms with Crippen LogP contribution in [0.1, 0.15) is 20.8 Å². The maximum absolute atomic E-state index is 11.0. The highest BCUT2D eigenvalue weighted by Crippen LogP contribution is 2.06. The zero-order valence-electron chi connectivity index (χ0n) is 8.05. The summed E-state index contributed by atoms with van der Waals surface area (Å²) in [7, 11) is -0.791. The molecule has 13 heavy (non-hydrogen) atoms. The van der Waals surface area contributed by atoms with Crippen LogP contribution in [0.25, 0.3) is 0 Å². The summed E-state index contributed by atoms with van der Waals surface area (Å²) in [6, 6.07) is 0. The van der Waals surface area contributed by atoms with Crippen LogP contribution in [0.4, 0.5) is 4.79 Å². The van der Waals surface area contributed by atoms with Crippen LogP contribution < -0.4 is 5.32 Å². The lowest BCUT2D eigenvalue weighted by Crippen LogP contribution is -2.34. The van der Waals surface area contributed by atoms with E-state index in [1.807, 2.05) is 0 Å². The van der Waals surface area contributed by atoms with Gasteiger partial charge in [-0.25, -0.2) is 4.79 Å². The van der Waals surface area contributed by atoms with E-state index in [1.54, 1.807) is 20.8 Å². The average Bonchev–Trinajstić information content (AvgIpc) is 1.94. The molecule has 1 unspecified atom stereocenters. The topological polar surface area (TPSA) is 64.6 Å². The number of alkyl carbamates (subject to hydrolysis) is 1. The van der Waals surface area contributed by atoms with Gasteiger partial charge in [-0.05, 0) is 25.3 Å². The van der Waals surface area contributed by atoms with Gasteiger partial charge in [0.25, 0.3) is 0 Å². The van der Waals surface area contributed by atoms with E-state index in [1.165, 1.54) is 0 Å². The van der Waals surface area contributed by atoms with Crippen molar-refractivity contribution in [1.82, 2.24) is 5.32 Å². The first-order valence-electron chi connectivity index (χ1n) is 3.91. The Labute approximate surface area is 79.1 Å². The molecule has 0 aromatic carbocycles. The number of carbonyl (C=O) groups excluding carboxylic acids is 1. The van der Waals surface area contributed by atoms with E-state index < -0.39 is 20.4 Å². The molecular formula is C7H15NO4P+. The highest BCUT2D eigenvalue weighted by molar-refractivity contribution is 7.17. The number of amides is 1. The lowest BCUT2D eigenvalue weighted by molar-refractivity contribution is 0.0521. The van der Waals surface area contributed by atoms with Crippen molar-refractivity contribution in [2.45, 2.75) is 26.4 Å². The second-order valence-electron chi connectivity index (χ2n) is 3.36. The third-order valence-corrected chi connectivity index (χ3v) is 1.25. The van der Waals surface area contributed by atoms with Crippen molar-refractivity contribution < 1.29 is 18.6 Å². The number of carbonyl (C=O) groups is 1. The predicted molar refractivity (Wildman–Crippen MR) is 49.2 cm³/mol. The molecule has 0 fully saturated rings. The molecule has 0 heterocycles. The Morgan fingerprint density at radius 2 is 2.08 bits per heavy atom. The second-order valence-corrected chi connectivity index (χ2v) is 3.82. The van der Waals surface area contributed by atoms with Gasteiger partial charge in [0, 0.05) is 6.54 Å². The minimum Gasteiger partial charge on any atom is -0.444 e. The van der Waals surface area contributed by atoms with Crippen molar-refractivity contribution >= 4 is 14.8 Å². The van der Waals surface area contributed by atoms with Gasteiger partial charge in [-0.1, -0.05) is 0 Å². The summed E-state index contributed by atoms with van der Waals surface area (Å²) in [4.78, 5) is 11.0. The molecule has 5 nitrogen and oxygen atoms in total. The third kappa shape index (κ3) is 9.24. The number of rotatable bonds is 4. The van der Waals surface area contributed by atoms with Crippen LogP contribution in [0.15, 0.2) is 0 Å². The minimum absolute atomic E-state index is 0.223. The van der Waals surface area contributed by atoms with Crippen molar-refractivity contribution in [2.24, 2.45) is 0 Å². The summed E-state index contributed by atoms with van der Waals surface area (Å²) in [6.07, 6.45) is -0.495. The van der Waals surface area contributed by atoms with Gasteiger partial charge in [-0.2, -0.15) is 0 Å². The Morgan fingerprint density at radius 1 is 1.46 bits per heavy atom. The maximum Gasteiger partial charge on any atom is 0.494 e. The second kappa shape index (κ2) is 5.89. The molecule has 6 heteroatoms. The van der Waals surface area contributed by atoms with Crippen molar-refractivity contribution in [3.63, 3.8) is 0 Å². The van der Waals surface area contributed by atoms with Crippen LogP contribution in [-0.2, 0) is 13.8 Å². The van der Waals surface area contributed by atoms with Crippen LogP contribution in [0.3, 0.4) is 0 Å². The average molecular weight is 208 g/mol. The number of nitrogens with one attached hydrogen (secondary N) is 1. The molecule has 0 saturated carbocycles. The van der Waals surface area contributed by atoms with E-state index >= 15 is 0 Å². The molecular weight excluding hydrogens is 193 g/mol. The molecule has 0 aliphatic carbocycles. The molecule has 0 aliphatic rings. The molecule has 1 N–H and O–H groups in total. The highest BCUT2D eigenvalue weighted by Gasteiger charge is 2.15. The minimum atomic E-state index is -0.791. The van der Waals surface area contributed by atoms with Gasteiger partial charge < -0.3 is 10.1 Å².